The molecule has 0 aromatic heterocycles. The van der Waals surface area contributed by atoms with Crippen LogP contribution in [-0.4, -0.2) is 65.7 Å². The fourth-order valence-corrected chi connectivity index (χ4v) is 6.03. The smallest absolute Gasteiger partial charge is 0.462 e. The molecule has 3 unspecified atom stereocenters. The molecule has 0 saturated carbocycles. The molecule has 298 valence electrons. The second kappa shape index (κ2) is 36.5. The molecular weight excluding hydrogens is 671 g/mol. The van der Waals surface area contributed by atoms with E-state index < -0.39 is 51.8 Å². The Labute approximate surface area is 310 Å². The van der Waals surface area contributed by atoms with Crippen molar-refractivity contribution in [2.24, 2.45) is 0 Å². The molecule has 10 nitrogen and oxygen atoms in total. The number of phosphoric acid groups is 1. The normalized spacial score (nSPS) is 14.4. The van der Waals surface area contributed by atoms with E-state index in [1.807, 2.05) is 0 Å². The van der Waals surface area contributed by atoms with Gasteiger partial charge in [0, 0.05) is 12.8 Å². The lowest BCUT2D eigenvalue weighted by Crippen LogP contribution is -2.29. The topological polar surface area (TPSA) is 149 Å². The molecule has 0 aliphatic heterocycles. The van der Waals surface area contributed by atoms with Gasteiger partial charge in [0.1, 0.15) is 12.7 Å². The number of hydrogen-bond donors (Lipinski definition) is 3. The molecule has 11 heteroatoms. The number of carbonyl (C=O) groups excluding carboxylic acids is 2. The summed E-state index contributed by atoms with van der Waals surface area (Å²) in [5.41, 5.74) is 0. The van der Waals surface area contributed by atoms with Crippen LogP contribution in [0.5, 0.6) is 0 Å². The summed E-state index contributed by atoms with van der Waals surface area (Å²) >= 11 is 0. The lowest BCUT2D eigenvalue weighted by Gasteiger charge is -2.20. The summed E-state index contributed by atoms with van der Waals surface area (Å²) in [6.07, 6.45) is 35.4. The summed E-state index contributed by atoms with van der Waals surface area (Å²) < 4.78 is 32.6. The highest BCUT2D eigenvalue weighted by molar-refractivity contribution is 7.47. The monoisotopic (exact) mass is 744 g/mol. The van der Waals surface area contributed by atoms with Gasteiger partial charge in [-0.15, -0.1) is 0 Å². The summed E-state index contributed by atoms with van der Waals surface area (Å²) in [6, 6.07) is 0. The van der Waals surface area contributed by atoms with Crippen LogP contribution >= 0.6 is 7.82 Å². The number of carbonyl (C=O) groups is 2. The van der Waals surface area contributed by atoms with E-state index in [1.54, 1.807) is 0 Å². The first kappa shape index (κ1) is 49.2. The number of phosphoric ester groups is 1. The molecule has 0 fully saturated rings. The van der Waals surface area contributed by atoms with Gasteiger partial charge in [-0.3, -0.25) is 18.6 Å². The number of allylic oxidation sites excluding steroid dienone is 6. The summed E-state index contributed by atoms with van der Waals surface area (Å²) in [4.78, 5) is 34.9. The maximum Gasteiger partial charge on any atom is 0.472 e. The van der Waals surface area contributed by atoms with E-state index in [4.69, 9.17) is 19.1 Å². The second-order valence-electron chi connectivity index (χ2n) is 13.3. The molecule has 0 bridgehead atoms. The van der Waals surface area contributed by atoms with Crippen LogP contribution in [-0.2, 0) is 32.7 Å². The zero-order valence-corrected chi connectivity index (χ0v) is 33.0. The number of aliphatic hydroxyl groups excluding tert-OH is 2. The first-order valence-electron chi connectivity index (χ1n) is 19.9. The third-order valence-corrected chi connectivity index (χ3v) is 9.26. The van der Waals surface area contributed by atoms with Gasteiger partial charge in [-0.05, 0) is 44.9 Å². The van der Waals surface area contributed by atoms with Crippen molar-refractivity contribution in [1.82, 2.24) is 0 Å². The van der Waals surface area contributed by atoms with Crippen molar-refractivity contribution in [2.45, 2.75) is 180 Å². The molecule has 3 atom stereocenters. The number of ether oxygens (including phenoxy) is 2. The van der Waals surface area contributed by atoms with E-state index in [9.17, 15) is 24.2 Å². The van der Waals surface area contributed by atoms with E-state index in [0.717, 1.165) is 70.6 Å². The highest BCUT2D eigenvalue weighted by Crippen LogP contribution is 2.43. The average Bonchev–Trinajstić information content (AvgIpc) is 3.12. The first-order valence-corrected chi connectivity index (χ1v) is 21.4. The van der Waals surface area contributed by atoms with E-state index in [1.165, 1.54) is 57.8 Å². The quantitative estimate of drug-likeness (QED) is 0.0243. The lowest BCUT2D eigenvalue weighted by atomic mass is 10.0. The van der Waals surface area contributed by atoms with Gasteiger partial charge >= 0.3 is 19.8 Å². The Balaban J connectivity index is 4.36. The van der Waals surface area contributed by atoms with Crippen molar-refractivity contribution in [3.63, 3.8) is 0 Å². The lowest BCUT2D eigenvalue weighted by molar-refractivity contribution is -0.161. The molecule has 0 aromatic rings. The predicted octanol–water partition coefficient (Wildman–Crippen LogP) is 10.00. The minimum Gasteiger partial charge on any atom is -0.462 e. The summed E-state index contributed by atoms with van der Waals surface area (Å²) in [6.45, 7) is 2.24. The van der Waals surface area contributed by atoms with Gasteiger partial charge in [0.15, 0.2) is 6.10 Å². The maximum absolute atomic E-state index is 12.6. The minimum absolute atomic E-state index is 0.183. The van der Waals surface area contributed by atoms with Gasteiger partial charge < -0.3 is 24.6 Å². The fourth-order valence-electron chi connectivity index (χ4n) is 5.24. The van der Waals surface area contributed by atoms with E-state index in [0.29, 0.717) is 12.8 Å². The molecule has 0 radical (unpaired) electrons. The Morgan fingerprint density at radius 1 is 0.608 bits per heavy atom. The minimum atomic E-state index is -4.61. The molecule has 0 aliphatic rings. The molecule has 0 aliphatic carbocycles. The van der Waals surface area contributed by atoms with Gasteiger partial charge in [0.25, 0.3) is 0 Å². The SMILES string of the molecule is CC/C=C\C/C=C\C/C=C\CCCCCCCC(=O)OCC(COP(=O)(O)OCC(O)CO)OC(=O)CCCCCCCCCCCCCCC. The van der Waals surface area contributed by atoms with Crippen LogP contribution < -0.4 is 0 Å². The molecular formula is C40H73O10P. The van der Waals surface area contributed by atoms with Crippen LogP contribution in [0, 0.1) is 0 Å². The fraction of sp³-hybridized carbons (Fsp3) is 0.800. The van der Waals surface area contributed by atoms with Gasteiger partial charge in [-0.2, -0.15) is 0 Å². The summed E-state index contributed by atoms with van der Waals surface area (Å²) in [7, 11) is -4.61. The largest absolute Gasteiger partial charge is 0.472 e. The molecule has 0 amide bonds. The average molecular weight is 745 g/mol. The number of esters is 2. The first-order chi connectivity index (χ1) is 24.7. The van der Waals surface area contributed by atoms with Crippen LogP contribution in [0.4, 0.5) is 0 Å². The van der Waals surface area contributed by atoms with E-state index >= 15 is 0 Å². The van der Waals surface area contributed by atoms with Gasteiger partial charge in [0.2, 0.25) is 0 Å². The number of rotatable bonds is 37. The van der Waals surface area contributed by atoms with Crippen LogP contribution in [0.3, 0.4) is 0 Å². The zero-order chi connectivity index (χ0) is 37.7. The second-order valence-corrected chi connectivity index (χ2v) is 14.7. The van der Waals surface area contributed by atoms with Crippen LogP contribution in [0.25, 0.3) is 0 Å². The summed E-state index contributed by atoms with van der Waals surface area (Å²) in [5, 5.41) is 18.3. The van der Waals surface area contributed by atoms with Gasteiger partial charge in [0.05, 0.1) is 19.8 Å². The Kier molecular flexibility index (Phi) is 35.2. The van der Waals surface area contributed by atoms with Gasteiger partial charge in [-0.25, -0.2) is 4.57 Å². The number of unbranched alkanes of at least 4 members (excludes halogenated alkanes) is 17. The van der Waals surface area contributed by atoms with Crippen molar-refractivity contribution in [3.05, 3.63) is 36.5 Å². The molecule has 0 saturated heterocycles. The Morgan fingerprint density at radius 3 is 1.63 bits per heavy atom. The Morgan fingerprint density at radius 2 is 1.08 bits per heavy atom. The molecule has 0 rings (SSSR count). The Bertz CT molecular complexity index is 952. The highest BCUT2D eigenvalue weighted by Gasteiger charge is 2.27. The molecule has 3 N–H and O–H groups in total. The van der Waals surface area contributed by atoms with Crippen molar-refractivity contribution < 1.29 is 47.8 Å². The molecule has 0 heterocycles. The molecule has 51 heavy (non-hydrogen) atoms. The number of hydrogen-bond acceptors (Lipinski definition) is 9. The van der Waals surface area contributed by atoms with E-state index in [-0.39, 0.29) is 19.4 Å². The van der Waals surface area contributed by atoms with E-state index in [2.05, 4.69) is 54.8 Å². The van der Waals surface area contributed by atoms with Crippen LogP contribution in [0.15, 0.2) is 36.5 Å². The number of aliphatic hydroxyl groups is 2. The van der Waals surface area contributed by atoms with Crippen LogP contribution in [0.1, 0.15) is 168 Å². The third kappa shape index (κ3) is 36.3. The van der Waals surface area contributed by atoms with Crippen molar-refractivity contribution >= 4 is 19.8 Å². The standard InChI is InChI=1S/C40H73O10P/c1-3-5-7-9-11-13-15-17-18-20-21-23-25-27-29-31-39(43)47-35-38(36-49-51(45,46)48-34-37(42)33-41)50-40(44)32-30-28-26-24-22-19-16-14-12-10-8-6-4-2/h5,7,11,13,17-18,37-38,41-42H,3-4,6,8-10,12,14-16,19-36H2,1-2H3,(H,45,46)/b7-5-,13-11-,18-17-. The molecule has 0 aromatic carbocycles. The third-order valence-electron chi connectivity index (χ3n) is 8.31. The van der Waals surface area contributed by atoms with Crippen molar-refractivity contribution in [1.29, 1.82) is 0 Å². The zero-order valence-electron chi connectivity index (χ0n) is 32.1. The van der Waals surface area contributed by atoms with Crippen molar-refractivity contribution in [2.75, 3.05) is 26.4 Å². The summed E-state index contributed by atoms with van der Waals surface area (Å²) in [5.74, 6) is -0.943. The Hall–Kier alpha value is -1.81. The molecule has 0 spiro atoms. The maximum atomic E-state index is 12.6. The highest BCUT2D eigenvalue weighted by atomic mass is 31.2. The predicted molar refractivity (Wildman–Crippen MR) is 205 cm³/mol. The van der Waals surface area contributed by atoms with Crippen molar-refractivity contribution in [3.8, 4) is 0 Å². The van der Waals surface area contributed by atoms with Crippen LogP contribution in [0.2, 0.25) is 0 Å². The van der Waals surface area contributed by atoms with Gasteiger partial charge in [-0.1, -0.05) is 147 Å².